The van der Waals surface area contributed by atoms with E-state index in [9.17, 15) is 26.3 Å². The highest BCUT2D eigenvalue weighted by molar-refractivity contribution is 5.84. The van der Waals surface area contributed by atoms with Gasteiger partial charge in [-0.3, -0.25) is 0 Å². The third-order valence-electron chi connectivity index (χ3n) is 5.01. The average Bonchev–Trinajstić information content (AvgIpc) is 3.25. The molecule has 0 spiro atoms. The molecule has 7 heteroatoms. The SMILES string of the molecule is C=c1[nH]c2ccccc2/c1=C\C1=CC=C(c2cc(C(F)(F)F)cc(C(F)(F)F)c2)C1. The van der Waals surface area contributed by atoms with Gasteiger partial charge in [0.1, 0.15) is 0 Å². The molecule has 1 nitrogen and oxygen atoms in total. The summed E-state index contributed by atoms with van der Waals surface area (Å²) in [6.45, 7) is 3.97. The number of para-hydroxylation sites is 1. The van der Waals surface area contributed by atoms with Crippen LogP contribution in [0, 0.1) is 0 Å². The van der Waals surface area contributed by atoms with Gasteiger partial charge in [-0.05, 0) is 53.5 Å². The van der Waals surface area contributed by atoms with Gasteiger partial charge in [0.05, 0.1) is 11.1 Å². The Labute approximate surface area is 167 Å². The summed E-state index contributed by atoms with van der Waals surface area (Å²) in [7, 11) is 0. The molecule has 0 atom stereocenters. The summed E-state index contributed by atoms with van der Waals surface area (Å²) in [5.74, 6) is 0. The number of halogens is 6. The van der Waals surface area contributed by atoms with Crippen LogP contribution in [0.1, 0.15) is 23.1 Å². The van der Waals surface area contributed by atoms with Gasteiger partial charge in [-0.1, -0.05) is 36.9 Å². The van der Waals surface area contributed by atoms with Crippen LogP contribution in [0.15, 0.2) is 60.2 Å². The largest absolute Gasteiger partial charge is 0.416 e. The lowest BCUT2D eigenvalue weighted by Crippen LogP contribution is -2.20. The van der Waals surface area contributed by atoms with Crippen molar-refractivity contribution in [3.63, 3.8) is 0 Å². The molecule has 30 heavy (non-hydrogen) atoms. The van der Waals surface area contributed by atoms with Crippen molar-refractivity contribution in [2.45, 2.75) is 18.8 Å². The Hall–Kier alpha value is -3.22. The van der Waals surface area contributed by atoms with Crippen LogP contribution in [0.5, 0.6) is 0 Å². The first-order valence-corrected chi connectivity index (χ1v) is 8.99. The van der Waals surface area contributed by atoms with Crippen LogP contribution in [-0.2, 0) is 12.4 Å². The Morgan fingerprint density at radius 2 is 1.50 bits per heavy atom. The van der Waals surface area contributed by atoms with E-state index in [4.69, 9.17) is 0 Å². The zero-order valence-electron chi connectivity index (χ0n) is 15.5. The van der Waals surface area contributed by atoms with Gasteiger partial charge in [0, 0.05) is 21.5 Å². The number of benzene rings is 2. The van der Waals surface area contributed by atoms with Crippen molar-refractivity contribution in [1.29, 1.82) is 0 Å². The molecule has 1 aliphatic rings. The first-order chi connectivity index (χ1) is 14.0. The van der Waals surface area contributed by atoms with Crippen molar-refractivity contribution in [1.82, 2.24) is 4.98 Å². The Morgan fingerprint density at radius 1 is 0.867 bits per heavy atom. The van der Waals surface area contributed by atoms with Crippen molar-refractivity contribution < 1.29 is 26.3 Å². The number of hydrogen-bond acceptors (Lipinski definition) is 0. The molecule has 1 heterocycles. The molecule has 1 N–H and O–H groups in total. The normalized spacial score (nSPS) is 15.6. The zero-order chi connectivity index (χ0) is 21.7. The van der Waals surface area contributed by atoms with Gasteiger partial charge in [-0.25, -0.2) is 0 Å². The summed E-state index contributed by atoms with van der Waals surface area (Å²) < 4.78 is 78.8. The number of allylic oxidation sites excluding steroid dienone is 4. The van der Waals surface area contributed by atoms with Gasteiger partial charge < -0.3 is 4.98 Å². The van der Waals surface area contributed by atoms with Gasteiger partial charge in [0.25, 0.3) is 0 Å². The highest BCUT2D eigenvalue weighted by Gasteiger charge is 2.37. The van der Waals surface area contributed by atoms with Gasteiger partial charge in [-0.2, -0.15) is 26.3 Å². The van der Waals surface area contributed by atoms with Crippen LogP contribution in [0.3, 0.4) is 0 Å². The molecule has 0 radical (unpaired) electrons. The molecule has 0 amide bonds. The van der Waals surface area contributed by atoms with Crippen molar-refractivity contribution in [2.75, 3.05) is 0 Å². The lowest BCUT2D eigenvalue weighted by Gasteiger charge is -2.15. The van der Waals surface area contributed by atoms with Crippen LogP contribution in [0.4, 0.5) is 26.3 Å². The molecular weight excluding hydrogens is 404 g/mol. The zero-order valence-corrected chi connectivity index (χ0v) is 15.5. The summed E-state index contributed by atoms with van der Waals surface area (Å²) in [5.41, 5.74) is -0.669. The number of nitrogens with one attached hydrogen (secondary N) is 1. The predicted molar refractivity (Wildman–Crippen MR) is 105 cm³/mol. The number of hydrogen-bond donors (Lipinski definition) is 1. The molecule has 0 saturated heterocycles. The third kappa shape index (κ3) is 3.79. The average molecular weight is 419 g/mol. The van der Waals surface area contributed by atoms with Crippen LogP contribution >= 0.6 is 0 Å². The Morgan fingerprint density at radius 3 is 2.13 bits per heavy atom. The molecular formula is C23H15F6N. The van der Waals surface area contributed by atoms with E-state index in [0.717, 1.165) is 33.8 Å². The molecule has 1 aromatic heterocycles. The Balaban J connectivity index is 1.70. The second-order valence-electron chi connectivity index (χ2n) is 7.11. The number of rotatable bonds is 2. The molecule has 0 saturated carbocycles. The van der Waals surface area contributed by atoms with Gasteiger partial charge in [0.2, 0.25) is 0 Å². The van der Waals surface area contributed by atoms with E-state index < -0.39 is 23.5 Å². The summed E-state index contributed by atoms with van der Waals surface area (Å²) in [6, 6.07) is 9.23. The predicted octanol–water partition coefficient (Wildman–Crippen LogP) is 5.81. The fourth-order valence-corrected chi connectivity index (χ4v) is 3.55. The van der Waals surface area contributed by atoms with E-state index >= 15 is 0 Å². The molecule has 0 aliphatic heterocycles. The smallest absolute Gasteiger partial charge is 0.355 e. The highest BCUT2D eigenvalue weighted by atomic mass is 19.4. The van der Waals surface area contributed by atoms with Gasteiger partial charge in [-0.15, -0.1) is 0 Å². The number of aromatic amines is 1. The van der Waals surface area contributed by atoms with E-state index in [0.29, 0.717) is 10.9 Å². The van der Waals surface area contributed by atoms with Crippen molar-refractivity contribution in [3.8, 4) is 0 Å². The van der Waals surface area contributed by atoms with E-state index in [1.807, 2.05) is 30.3 Å². The van der Waals surface area contributed by atoms with Crippen LogP contribution < -0.4 is 10.6 Å². The Kier molecular flexibility index (Phi) is 4.64. The fourth-order valence-electron chi connectivity index (χ4n) is 3.55. The maximum Gasteiger partial charge on any atom is 0.416 e. The highest BCUT2D eigenvalue weighted by Crippen LogP contribution is 2.39. The molecule has 0 fully saturated rings. The minimum Gasteiger partial charge on any atom is -0.355 e. The number of H-pyrrole nitrogens is 1. The number of alkyl halides is 6. The van der Waals surface area contributed by atoms with E-state index in [1.54, 1.807) is 12.2 Å². The Bertz CT molecular complexity index is 1270. The summed E-state index contributed by atoms with van der Waals surface area (Å²) in [5, 5.41) is 2.46. The summed E-state index contributed by atoms with van der Waals surface area (Å²) >= 11 is 0. The van der Waals surface area contributed by atoms with Crippen molar-refractivity contribution in [3.05, 3.63) is 87.4 Å². The van der Waals surface area contributed by atoms with Crippen LogP contribution in [0.2, 0.25) is 0 Å². The first kappa shape index (κ1) is 20.1. The maximum absolute atomic E-state index is 13.1. The number of aromatic nitrogens is 1. The molecule has 1 aliphatic carbocycles. The topological polar surface area (TPSA) is 15.8 Å². The standard InChI is InChI=1S/C23H15F6N/c1-13-20(19-4-2-3-5-21(19)30-13)9-14-6-7-15(8-14)16-10-17(22(24,25)26)12-18(11-16)23(27,28)29/h2-7,9-12,30H,1,8H2/b20-9-. The molecule has 4 rings (SSSR count). The molecule has 3 aromatic rings. The summed E-state index contributed by atoms with van der Waals surface area (Å²) in [6.07, 6.45) is -4.42. The van der Waals surface area contributed by atoms with Crippen molar-refractivity contribution >= 4 is 29.1 Å². The van der Waals surface area contributed by atoms with E-state index in [-0.39, 0.29) is 18.1 Å². The fraction of sp³-hybridized carbons (Fsp3) is 0.130. The minimum absolute atomic E-state index is 0.0921. The molecule has 0 bridgehead atoms. The second-order valence-corrected chi connectivity index (χ2v) is 7.11. The number of fused-ring (bicyclic) bond motifs is 1. The first-order valence-electron chi connectivity index (χ1n) is 8.99. The van der Waals surface area contributed by atoms with Crippen molar-refractivity contribution in [2.24, 2.45) is 0 Å². The van der Waals surface area contributed by atoms with Gasteiger partial charge >= 0.3 is 12.4 Å². The maximum atomic E-state index is 13.1. The monoisotopic (exact) mass is 419 g/mol. The molecule has 154 valence electrons. The van der Waals surface area contributed by atoms with E-state index in [1.165, 1.54) is 0 Å². The van der Waals surface area contributed by atoms with Crippen LogP contribution in [0.25, 0.3) is 29.1 Å². The van der Waals surface area contributed by atoms with Gasteiger partial charge in [0.15, 0.2) is 0 Å². The summed E-state index contributed by atoms with van der Waals surface area (Å²) in [4.78, 5) is 3.16. The molecule has 0 unspecified atom stereocenters. The van der Waals surface area contributed by atoms with Crippen LogP contribution in [-0.4, -0.2) is 4.98 Å². The lowest BCUT2D eigenvalue weighted by molar-refractivity contribution is -0.143. The molecule has 2 aromatic carbocycles. The quantitative estimate of drug-likeness (QED) is 0.505. The van der Waals surface area contributed by atoms with E-state index in [2.05, 4.69) is 11.6 Å². The third-order valence-corrected chi connectivity index (χ3v) is 5.01. The lowest BCUT2D eigenvalue weighted by atomic mass is 9.97. The minimum atomic E-state index is -4.87. The second kappa shape index (κ2) is 6.93.